The van der Waals surface area contributed by atoms with Crippen molar-refractivity contribution in [2.45, 2.75) is 25.0 Å². The molecule has 2 saturated heterocycles. The monoisotopic (exact) mass is 339 g/mol. The first-order valence-corrected chi connectivity index (χ1v) is 8.23. The van der Waals surface area contributed by atoms with Crippen molar-refractivity contribution in [2.75, 3.05) is 39.1 Å². The molecule has 3 N–H and O–H groups in total. The minimum atomic E-state index is -0.240. The summed E-state index contributed by atoms with van der Waals surface area (Å²) in [4.78, 5) is 14.8. The van der Waals surface area contributed by atoms with Crippen molar-refractivity contribution in [1.82, 2.24) is 10.2 Å². The number of nitrogens with two attached hydrogens (primary N) is 1. The topological polar surface area (TPSA) is 76.8 Å². The summed E-state index contributed by atoms with van der Waals surface area (Å²) >= 11 is 6.00. The fourth-order valence-corrected chi connectivity index (χ4v) is 3.39. The molecule has 2 heterocycles. The van der Waals surface area contributed by atoms with Gasteiger partial charge in [0.2, 0.25) is 0 Å². The highest BCUT2D eigenvalue weighted by atomic mass is 35.5. The zero-order valence-electron chi connectivity index (χ0n) is 13.2. The van der Waals surface area contributed by atoms with Gasteiger partial charge in [-0.3, -0.25) is 9.69 Å². The Bertz CT molecular complexity index is 596. The van der Waals surface area contributed by atoms with Crippen molar-refractivity contribution in [3.05, 3.63) is 22.7 Å². The Morgan fingerprint density at radius 2 is 2.39 bits per heavy atom. The van der Waals surface area contributed by atoms with E-state index in [-0.39, 0.29) is 12.0 Å². The summed E-state index contributed by atoms with van der Waals surface area (Å²) in [6.45, 7) is 3.20. The highest BCUT2D eigenvalue weighted by molar-refractivity contribution is 6.33. The second-order valence-corrected chi connectivity index (χ2v) is 6.44. The molecule has 1 aromatic rings. The van der Waals surface area contributed by atoms with Gasteiger partial charge in [-0.2, -0.15) is 0 Å². The summed E-state index contributed by atoms with van der Waals surface area (Å²) in [6.07, 6.45) is 2.46. The first-order valence-electron chi connectivity index (χ1n) is 7.85. The number of anilines is 1. The van der Waals surface area contributed by atoms with Crippen LogP contribution in [0.3, 0.4) is 0 Å². The Labute approximate surface area is 140 Å². The molecule has 1 aromatic carbocycles. The van der Waals surface area contributed by atoms with Crippen LogP contribution in [0.2, 0.25) is 5.02 Å². The van der Waals surface area contributed by atoms with Gasteiger partial charge in [-0.25, -0.2) is 0 Å². The second-order valence-electron chi connectivity index (χ2n) is 6.03. The van der Waals surface area contributed by atoms with Crippen molar-refractivity contribution in [3.63, 3.8) is 0 Å². The Balaban J connectivity index is 1.60. The third kappa shape index (κ3) is 3.54. The van der Waals surface area contributed by atoms with E-state index in [4.69, 9.17) is 26.8 Å². The number of halogens is 1. The lowest BCUT2D eigenvalue weighted by Gasteiger charge is -2.35. The number of nitrogen functional groups attached to an aromatic ring is 1. The summed E-state index contributed by atoms with van der Waals surface area (Å²) in [5, 5.41) is 3.24. The Morgan fingerprint density at radius 3 is 3.17 bits per heavy atom. The number of carbonyl (C=O) groups excluding carboxylic acids is 1. The Morgan fingerprint density at radius 1 is 1.57 bits per heavy atom. The number of hydrogen-bond acceptors (Lipinski definition) is 5. The molecule has 7 heteroatoms. The van der Waals surface area contributed by atoms with Gasteiger partial charge in [0.05, 0.1) is 36.1 Å². The van der Waals surface area contributed by atoms with E-state index in [1.807, 2.05) is 0 Å². The van der Waals surface area contributed by atoms with E-state index in [9.17, 15) is 4.79 Å². The number of morpholine rings is 1. The number of hydrogen-bond donors (Lipinski definition) is 2. The normalized spacial score (nSPS) is 24.3. The van der Waals surface area contributed by atoms with E-state index in [2.05, 4.69) is 10.2 Å². The zero-order valence-corrected chi connectivity index (χ0v) is 13.9. The molecule has 0 radical (unpaired) electrons. The summed E-state index contributed by atoms with van der Waals surface area (Å²) in [6, 6.07) is 3.64. The van der Waals surface area contributed by atoms with Gasteiger partial charge in [0.25, 0.3) is 5.91 Å². The van der Waals surface area contributed by atoms with Crippen molar-refractivity contribution >= 4 is 23.2 Å². The van der Waals surface area contributed by atoms with Crippen LogP contribution >= 0.6 is 11.6 Å². The van der Waals surface area contributed by atoms with Crippen LogP contribution in [0, 0.1) is 0 Å². The van der Waals surface area contributed by atoms with E-state index in [1.54, 1.807) is 6.07 Å². The van der Waals surface area contributed by atoms with Gasteiger partial charge >= 0.3 is 0 Å². The summed E-state index contributed by atoms with van der Waals surface area (Å²) in [7, 11) is 1.50. The van der Waals surface area contributed by atoms with Crippen LogP contribution in [-0.4, -0.2) is 56.3 Å². The molecule has 126 valence electrons. The van der Waals surface area contributed by atoms with E-state index < -0.39 is 0 Å². The number of amides is 1. The molecular weight excluding hydrogens is 318 g/mol. The number of carbonyl (C=O) groups is 1. The number of methoxy groups -OCH3 is 1. The quantitative estimate of drug-likeness (QED) is 0.813. The van der Waals surface area contributed by atoms with Crippen LogP contribution in [0.25, 0.3) is 0 Å². The molecular formula is C16H22ClN3O3. The van der Waals surface area contributed by atoms with Gasteiger partial charge in [0.1, 0.15) is 5.75 Å². The van der Waals surface area contributed by atoms with Crippen LogP contribution in [0.4, 0.5) is 5.69 Å². The highest BCUT2D eigenvalue weighted by Crippen LogP contribution is 2.29. The van der Waals surface area contributed by atoms with Crippen LogP contribution in [0.5, 0.6) is 5.75 Å². The van der Waals surface area contributed by atoms with Gasteiger partial charge in [0.15, 0.2) is 0 Å². The number of nitrogens with zero attached hydrogens (tertiary/aromatic N) is 1. The summed E-state index contributed by atoms with van der Waals surface area (Å²) < 4.78 is 11.1. The molecule has 3 rings (SSSR count). The fraction of sp³-hybridized carbons (Fsp3) is 0.562. The van der Waals surface area contributed by atoms with Crippen LogP contribution in [0.1, 0.15) is 23.2 Å². The van der Waals surface area contributed by atoms with Crippen molar-refractivity contribution < 1.29 is 14.3 Å². The third-order valence-electron chi connectivity index (χ3n) is 4.52. The van der Waals surface area contributed by atoms with Gasteiger partial charge in [-0.1, -0.05) is 11.6 Å². The molecule has 0 unspecified atom stereocenters. The van der Waals surface area contributed by atoms with E-state index in [1.165, 1.54) is 26.0 Å². The number of nitrogens with one attached hydrogen (secondary N) is 1. The molecule has 0 aromatic heterocycles. The predicted molar refractivity (Wildman–Crippen MR) is 89.1 cm³/mol. The number of ether oxygens (including phenoxy) is 2. The molecule has 0 spiro atoms. The second kappa shape index (κ2) is 6.95. The SMILES string of the molecule is COc1cc(N)c(Cl)cc1C(=O)NC[C@H]1CN2CCC[C@H]2CO1. The Hall–Kier alpha value is -1.50. The van der Waals surface area contributed by atoms with Crippen molar-refractivity contribution in [2.24, 2.45) is 0 Å². The van der Waals surface area contributed by atoms with Gasteiger partial charge in [-0.05, 0) is 25.5 Å². The number of fused-ring (bicyclic) bond motifs is 1. The lowest BCUT2D eigenvalue weighted by molar-refractivity contribution is -0.0461. The fourth-order valence-electron chi connectivity index (χ4n) is 3.23. The van der Waals surface area contributed by atoms with E-state index in [0.29, 0.717) is 34.6 Å². The standard InChI is InChI=1S/C16H22ClN3O3/c1-22-15-6-14(18)13(17)5-12(15)16(21)19-7-11-8-20-4-2-3-10(20)9-23-11/h5-6,10-11H,2-4,7-9,18H2,1H3,(H,19,21)/t10-,11-/m0/s1. The minimum Gasteiger partial charge on any atom is -0.496 e. The highest BCUT2D eigenvalue weighted by Gasteiger charge is 2.32. The molecule has 23 heavy (non-hydrogen) atoms. The van der Waals surface area contributed by atoms with E-state index in [0.717, 1.165) is 19.7 Å². The summed E-state index contributed by atoms with van der Waals surface area (Å²) in [5.41, 5.74) is 6.50. The summed E-state index contributed by atoms with van der Waals surface area (Å²) in [5.74, 6) is 0.171. The molecule has 0 aliphatic carbocycles. The first kappa shape index (κ1) is 16.4. The maximum atomic E-state index is 12.4. The van der Waals surface area contributed by atoms with Crippen LogP contribution in [-0.2, 0) is 4.74 Å². The predicted octanol–water partition coefficient (Wildman–Crippen LogP) is 1.52. The van der Waals surface area contributed by atoms with Crippen molar-refractivity contribution in [1.29, 1.82) is 0 Å². The van der Waals surface area contributed by atoms with E-state index >= 15 is 0 Å². The maximum absolute atomic E-state index is 12.4. The van der Waals surface area contributed by atoms with Crippen molar-refractivity contribution in [3.8, 4) is 5.75 Å². The molecule has 6 nitrogen and oxygen atoms in total. The molecule has 1 amide bonds. The minimum absolute atomic E-state index is 0.0172. The average Bonchev–Trinajstić information content (AvgIpc) is 3.02. The first-order chi connectivity index (χ1) is 11.1. The van der Waals surface area contributed by atoms with Gasteiger partial charge in [-0.15, -0.1) is 0 Å². The lowest BCUT2D eigenvalue weighted by Crippen LogP contribution is -2.50. The molecule has 2 fully saturated rings. The largest absolute Gasteiger partial charge is 0.496 e. The Kier molecular flexibility index (Phi) is 4.94. The van der Waals surface area contributed by atoms with Crippen LogP contribution < -0.4 is 15.8 Å². The molecule has 0 bridgehead atoms. The van der Waals surface area contributed by atoms with Gasteiger partial charge < -0.3 is 20.5 Å². The molecule has 2 aliphatic rings. The number of rotatable bonds is 4. The maximum Gasteiger partial charge on any atom is 0.255 e. The zero-order chi connectivity index (χ0) is 16.4. The molecule has 2 atom stereocenters. The lowest BCUT2D eigenvalue weighted by atomic mass is 10.1. The van der Waals surface area contributed by atoms with Gasteiger partial charge in [0, 0.05) is 25.2 Å². The van der Waals surface area contributed by atoms with Crippen LogP contribution in [0.15, 0.2) is 12.1 Å². The number of benzene rings is 1. The molecule has 2 aliphatic heterocycles. The molecule has 0 saturated carbocycles. The average molecular weight is 340 g/mol. The third-order valence-corrected chi connectivity index (χ3v) is 4.84. The smallest absolute Gasteiger partial charge is 0.255 e.